The molecular weight excluding hydrogens is 314 g/mol. The SMILES string of the molecule is CC1CCCN(C(=O)CCc2nc(-c3ccc(C(C)C)cc3)no2)C1. The van der Waals surface area contributed by atoms with Crippen LogP contribution in [0.4, 0.5) is 0 Å². The molecule has 1 aliphatic heterocycles. The molecule has 1 aromatic carbocycles. The molecule has 0 radical (unpaired) electrons. The molecule has 0 N–H and O–H groups in total. The third-order valence-electron chi connectivity index (χ3n) is 4.87. The zero-order chi connectivity index (χ0) is 17.8. The molecule has 0 aliphatic carbocycles. The van der Waals surface area contributed by atoms with Crippen LogP contribution in [0.3, 0.4) is 0 Å². The molecule has 0 bridgehead atoms. The lowest BCUT2D eigenvalue weighted by molar-refractivity contribution is -0.132. The summed E-state index contributed by atoms with van der Waals surface area (Å²) in [6.07, 6.45) is 3.25. The second-order valence-electron chi connectivity index (χ2n) is 7.38. The van der Waals surface area contributed by atoms with Gasteiger partial charge in [0.25, 0.3) is 0 Å². The topological polar surface area (TPSA) is 59.2 Å². The Labute approximate surface area is 149 Å². The van der Waals surface area contributed by atoms with Gasteiger partial charge in [0.05, 0.1) is 0 Å². The first kappa shape index (κ1) is 17.6. The van der Waals surface area contributed by atoms with Crippen LogP contribution in [0.25, 0.3) is 11.4 Å². The maximum Gasteiger partial charge on any atom is 0.227 e. The largest absolute Gasteiger partial charge is 0.342 e. The average molecular weight is 341 g/mol. The molecule has 1 aliphatic rings. The van der Waals surface area contributed by atoms with E-state index in [1.165, 1.54) is 12.0 Å². The number of carbonyl (C=O) groups is 1. The van der Waals surface area contributed by atoms with Gasteiger partial charge in [0, 0.05) is 31.5 Å². The van der Waals surface area contributed by atoms with Gasteiger partial charge in [-0.15, -0.1) is 0 Å². The van der Waals surface area contributed by atoms with Crippen LogP contribution in [0.1, 0.15) is 57.4 Å². The normalized spacial score (nSPS) is 17.9. The smallest absolute Gasteiger partial charge is 0.227 e. The van der Waals surface area contributed by atoms with Crippen molar-refractivity contribution in [2.24, 2.45) is 5.92 Å². The van der Waals surface area contributed by atoms with Gasteiger partial charge in [-0.25, -0.2) is 0 Å². The highest BCUT2D eigenvalue weighted by atomic mass is 16.5. The third-order valence-corrected chi connectivity index (χ3v) is 4.87. The summed E-state index contributed by atoms with van der Waals surface area (Å²) in [6.45, 7) is 8.29. The molecule has 1 atom stereocenters. The van der Waals surface area contributed by atoms with Gasteiger partial charge in [-0.3, -0.25) is 4.79 Å². The standard InChI is InChI=1S/C20H27N3O2/c1-14(2)16-6-8-17(9-7-16)20-21-18(25-22-20)10-11-19(24)23-12-4-5-15(3)13-23/h6-9,14-15H,4-5,10-13H2,1-3H3. The number of carbonyl (C=O) groups excluding carboxylic acids is 1. The Morgan fingerprint density at radius 3 is 2.76 bits per heavy atom. The van der Waals surface area contributed by atoms with E-state index < -0.39 is 0 Å². The predicted molar refractivity (Wildman–Crippen MR) is 97.1 cm³/mol. The minimum atomic E-state index is 0.188. The predicted octanol–water partition coefficient (Wildman–Crippen LogP) is 4.05. The van der Waals surface area contributed by atoms with Crippen molar-refractivity contribution in [2.45, 2.75) is 52.4 Å². The van der Waals surface area contributed by atoms with E-state index in [9.17, 15) is 4.79 Å². The van der Waals surface area contributed by atoms with Crippen molar-refractivity contribution < 1.29 is 9.32 Å². The molecule has 1 fully saturated rings. The minimum absolute atomic E-state index is 0.188. The summed E-state index contributed by atoms with van der Waals surface area (Å²) in [5.74, 6) is 2.40. The molecule has 25 heavy (non-hydrogen) atoms. The van der Waals surface area contributed by atoms with Crippen molar-refractivity contribution >= 4 is 5.91 Å². The zero-order valence-electron chi connectivity index (χ0n) is 15.4. The van der Waals surface area contributed by atoms with E-state index in [1.54, 1.807) is 0 Å². The number of rotatable bonds is 5. The highest BCUT2D eigenvalue weighted by molar-refractivity contribution is 5.76. The fraction of sp³-hybridized carbons (Fsp3) is 0.550. The lowest BCUT2D eigenvalue weighted by Crippen LogP contribution is -2.39. The maximum atomic E-state index is 12.3. The summed E-state index contributed by atoms with van der Waals surface area (Å²) in [7, 11) is 0. The van der Waals surface area contributed by atoms with Crippen molar-refractivity contribution in [3.05, 3.63) is 35.7 Å². The Balaban J connectivity index is 1.57. The Kier molecular flexibility index (Phi) is 5.51. The zero-order valence-corrected chi connectivity index (χ0v) is 15.4. The molecule has 5 nitrogen and oxygen atoms in total. The monoisotopic (exact) mass is 341 g/mol. The molecule has 1 aromatic heterocycles. The summed E-state index contributed by atoms with van der Waals surface area (Å²) in [5.41, 5.74) is 2.23. The van der Waals surface area contributed by atoms with Gasteiger partial charge >= 0.3 is 0 Å². The second-order valence-corrected chi connectivity index (χ2v) is 7.38. The molecule has 1 amide bonds. The number of aromatic nitrogens is 2. The number of hydrogen-bond acceptors (Lipinski definition) is 4. The number of nitrogens with zero attached hydrogens (tertiary/aromatic N) is 3. The highest BCUT2D eigenvalue weighted by Crippen LogP contribution is 2.21. The molecule has 134 valence electrons. The van der Waals surface area contributed by atoms with Crippen LogP contribution in [0.5, 0.6) is 0 Å². The molecule has 0 spiro atoms. The van der Waals surface area contributed by atoms with E-state index in [4.69, 9.17) is 4.52 Å². The Bertz CT molecular complexity index is 706. The van der Waals surface area contributed by atoms with Crippen molar-refractivity contribution in [2.75, 3.05) is 13.1 Å². The molecule has 2 heterocycles. The van der Waals surface area contributed by atoms with E-state index >= 15 is 0 Å². The van der Waals surface area contributed by atoms with Crippen LogP contribution in [0.15, 0.2) is 28.8 Å². The van der Waals surface area contributed by atoms with E-state index in [0.717, 1.165) is 25.1 Å². The number of piperidine rings is 1. The van der Waals surface area contributed by atoms with Crippen molar-refractivity contribution in [3.8, 4) is 11.4 Å². The van der Waals surface area contributed by atoms with Crippen LogP contribution < -0.4 is 0 Å². The summed E-state index contributed by atoms with van der Waals surface area (Å²) < 4.78 is 5.32. The van der Waals surface area contributed by atoms with Crippen LogP contribution in [-0.2, 0) is 11.2 Å². The van der Waals surface area contributed by atoms with Gasteiger partial charge in [0.1, 0.15) is 0 Å². The van der Waals surface area contributed by atoms with Gasteiger partial charge in [0.2, 0.25) is 17.6 Å². The number of benzene rings is 1. The molecule has 0 saturated carbocycles. The first-order chi connectivity index (χ1) is 12.0. The third kappa shape index (κ3) is 4.47. The average Bonchev–Trinajstić information content (AvgIpc) is 3.08. The molecule has 1 unspecified atom stereocenters. The Morgan fingerprint density at radius 1 is 1.32 bits per heavy atom. The van der Waals surface area contributed by atoms with Gasteiger partial charge in [-0.2, -0.15) is 4.98 Å². The quantitative estimate of drug-likeness (QED) is 0.823. The summed E-state index contributed by atoms with van der Waals surface area (Å²) in [5, 5.41) is 4.05. The van der Waals surface area contributed by atoms with Gasteiger partial charge in [-0.05, 0) is 30.2 Å². The van der Waals surface area contributed by atoms with Gasteiger partial charge in [0.15, 0.2) is 0 Å². The Morgan fingerprint density at radius 2 is 2.08 bits per heavy atom. The van der Waals surface area contributed by atoms with Crippen LogP contribution >= 0.6 is 0 Å². The first-order valence-corrected chi connectivity index (χ1v) is 9.23. The van der Waals surface area contributed by atoms with Crippen molar-refractivity contribution in [3.63, 3.8) is 0 Å². The fourth-order valence-corrected chi connectivity index (χ4v) is 3.28. The fourth-order valence-electron chi connectivity index (χ4n) is 3.28. The lowest BCUT2D eigenvalue weighted by Gasteiger charge is -2.30. The lowest BCUT2D eigenvalue weighted by atomic mass is 10.00. The van der Waals surface area contributed by atoms with E-state index in [0.29, 0.717) is 36.4 Å². The molecular formula is C20H27N3O2. The Hall–Kier alpha value is -2.17. The molecule has 3 rings (SSSR count). The van der Waals surface area contributed by atoms with Crippen LogP contribution in [0, 0.1) is 5.92 Å². The summed E-state index contributed by atoms with van der Waals surface area (Å²) in [4.78, 5) is 18.7. The number of aryl methyl sites for hydroxylation is 1. The number of hydrogen-bond donors (Lipinski definition) is 0. The first-order valence-electron chi connectivity index (χ1n) is 9.23. The van der Waals surface area contributed by atoms with E-state index in [1.807, 2.05) is 17.0 Å². The summed E-state index contributed by atoms with van der Waals surface area (Å²) >= 11 is 0. The minimum Gasteiger partial charge on any atom is -0.342 e. The van der Waals surface area contributed by atoms with E-state index in [-0.39, 0.29) is 5.91 Å². The van der Waals surface area contributed by atoms with Gasteiger partial charge < -0.3 is 9.42 Å². The highest BCUT2D eigenvalue weighted by Gasteiger charge is 2.21. The van der Waals surface area contributed by atoms with Crippen LogP contribution in [0.2, 0.25) is 0 Å². The van der Waals surface area contributed by atoms with Crippen molar-refractivity contribution in [1.82, 2.24) is 15.0 Å². The molecule has 2 aromatic rings. The second kappa shape index (κ2) is 7.81. The van der Waals surface area contributed by atoms with E-state index in [2.05, 4.69) is 43.0 Å². The maximum absolute atomic E-state index is 12.3. The number of likely N-dealkylation sites (tertiary alicyclic amines) is 1. The van der Waals surface area contributed by atoms with Crippen molar-refractivity contribution in [1.29, 1.82) is 0 Å². The molecule has 5 heteroatoms. The summed E-state index contributed by atoms with van der Waals surface area (Å²) in [6, 6.07) is 8.22. The van der Waals surface area contributed by atoms with Gasteiger partial charge in [-0.1, -0.05) is 50.2 Å². The van der Waals surface area contributed by atoms with Crippen LogP contribution in [-0.4, -0.2) is 34.0 Å². The molecule has 1 saturated heterocycles. The number of amides is 1.